The number of benzene rings is 3. The molecule has 0 aliphatic rings. The number of anilines is 1. The zero-order chi connectivity index (χ0) is 24.1. The van der Waals surface area contributed by atoms with E-state index >= 15 is 0 Å². The Labute approximate surface area is 181 Å². The van der Waals surface area contributed by atoms with Crippen molar-refractivity contribution in [1.82, 2.24) is 0 Å². The van der Waals surface area contributed by atoms with Crippen LogP contribution in [0.2, 0.25) is 0 Å². The number of rotatable bonds is 6. The molecule has 0 bridgehead atoms. The third-order valence-corrected chi connectivity index (χ3v) is 7.22. The van der Waals surface area contributed by atoms with Crippen molar-refractivity contribution in [3.8, 4) is 5.75 Å². The maximum atomic E-state index is 12.7. The van der Waals surface area contributed by atoms with Crippen LogP contribution >= 0.6 is 0 Å². The Morgan fingerprint density at radius 1 is 0.781 bits per heavy atom. The normalized spacial score (nSPS) is 12.6. The van der Waals surface area contributed by atoms with Crippen LogP contribution in [0.3, 0.4) is 0 Å². The van der Waals surface area contributed by atoms with Crippen LogP contribution in [0.15, 0.2) is 63.2 Å². The van der Waals surface area contributed by atoms with Crippen molar-refractivity contribution in [2.45, 2.75) is 14.7 Å². The number of carbonyl (C=O) groups is 1. The second-order valence-electron chi connectivity index (χ2n) is 6.31. The molecule has 0 radical (unpaired) electrons. The van der Waals surface area contributed by atoms with Crippen molar-refractivity contribution in [3.05, 3.63) is 54.1 Å². The molecule has 3 rings (SSSR count). The summed E-state index contributed by atoms with van der Waals surface area (Å²) in [5, 5.41) is 8.41. The fourth-order valence-electron chi connectivity index (χ4n) is 2.77. The third-order valence-electron chi connectivity index (χ3n) is 4.23. The lowest BCUT2D eigenvalue weighted by Crippen LogP contribution is -2.12. The highest BCUT2D eigenvalue weighted by atomic mass is 32.2. The molecule has 0 amide bonds. The second-order valence-corrected chi connectivity index (χ2v) is 10.7. The van der Waals surface area contributed by atoms with Crippen LogP contribution in [-0.2, 0) is 30.4 Å². The molecular weight excluding hydrogens is 490 g/mol. The fraction of sp³-hybridized carbons (Fsp3) is 0. The minimum Gasteiger partial charge on any atom is -0.478 e. The maximum Gasteiger partial charge on any atom is 0.339 e. The van der Waals surface area contributed by atoms with Gasteiger partial charge in [0.05, 0.1) is 10.5 Å². The highest BCUT2D eigenvalue weighted by Gasteiger charge is 2.24. The summed E-state index contributed by atoms with van der Waals surface area (Å²) in [6.45, 7) is 0. The van der Waals surface area contributed by atoms with Crippen LogP contribution in [0.1, 0.15) is 10.4 Å². The van der Waals surface area contributed by atoms with E-state index in [9.17, 15) is 39.2 Å². The molecule has 5 N–H and O–H groups in total. The van der Waals surface area contributed by atoms with Gasteiger partial charge in [0.2, 0.25) is 0 Å². The lowest BCUT2D eigenvalue weighted by molar-refractivity contribution is 0.0697. The molecule has 0 saturated heterocycles. The second kappa shape index (κ2) is 7.72. The quantitative estimate of drug-likeness (QED) is 0.213. The summed E-state index contributed by atoms with van der Waals surface area (Å²) >= 11 is 0. The van der Waals surface area contributed by atoms with E-state index in [1.54, 1.807) is 0 Å². The Morgan fingerprint density at radius 3 is 1.97 bits per heavy atom. The Kier molecular flexibility index (Phi) is 5.65. The van der Waals surface area contributed by atoms with Crippen LogP contribution in [-0.4, -0.2) is 45.4 Å². The van der Waals surface area contributed by atoms with E-state index in [-0.39, 0.29) is 11.1 Å². The molecule has 0 heterocycles. The smallest absolute Gasteiger partial charge is 0.339 e. The Bertz CT molecular complexity index is 1590. The topological polar surface area (TPSA) is 215 Å². The van der Waals surface area contributed by atoms with E-state index in [4.69, 9.17) is 15.0 Å². The van der Waals surface area contributed by atoms with Gasteiger partial charge in [0, 0.05) is 16.5 Å². The molecule has 170 valence electrons. The minimum atomic E-state index is -4.88. The Balaban J connectivity index is 2.22. The van der Waals surface area contributed by atoms with Gasteiger partial charge in [-0.25, -0.2) is 4.79 Å². The largest absolute Gasteiger partial charge is 0.478 e. The molecule has 0 atom stereocenters. The lowest BCUT2D eigenvalue weighted by Gasteiger charge is -2.13. The minimum absolute atomic E-state index is 0.197. The first-order chi connectivity index (χ1) is 14.6. The fourth-order valence-corrected chi connectivity index (χ4v) is 4.94. The average Bonchev–Trinajstić information content (AvgIpc) is 2.65. The van der Waals surface area contributed by atoms with Gasteiger partial charge in [0.1, 0.15) is 9.79 Å². The average molecular weight is 503 g/mol. The molecule has 12 nitrogen and oxygen atoms in total. The van der Waals surface area contributed by atoms with Gasteiger partial charge in [-0.2, -0.15) is 25.3 Å². The van der Waals surface area contributed by atoms with Crippen molar-refractivity contribution in [2.24, 2.45) is 0 Å². The molecule has 0 fully saturated rings. The van der Waals surface area contributed by atoms with Crippen LogP contribution in [0.25, 0.3) is 10.8 Å². The predicted molar refractivity (Wildman–Crippen MR) is 109 cm³/mol. The number of nitrogen functional groups attached to an aromatic ring is 1. The number of carboxylic acid groups (broad SMARTS) is 1. The van der Waals surface area contributed by atoms with E-state index in [1.807, 2.05) is 0 Å². The maximum absolute atomic E-state index is 12.7. The van der Waals surface area contributed by atoms with Gasteiger partial charge in [-0.1, -0.05) is 0 Å². The summed E-state index contributed by atoms with van der Waals surface area (Å²) in [4.78, 5) is 9.14. The van der Waals surface area contributed by atoms with E-state index in [0.29, 0.717) is 6.07 Å². The molecule has 0 spiro atoms. The summed E-state index contributed by atoms with van der Waals surface area (Å²) in [6, 6.07) is 6.98. The molecule has 0 unspecified atom stereocenters. The van der Waals surface area contributed by atoms with Crippen LogP contribution < -0.4 is 9.92 Å². The molecule has 0 aliphatic heterocycles. The zero-order valence-corrected chi connectivity index (χ0v) is 18.0. The first kappa shape index (κ1) is 23.4. The Hall–Kier alpha value is -3.24. The molecule has 0 aromatic heterocycles. The standard InChI is InChI=1S/C17H13NO11S3/c18-14-4-2-10(8-13(14)17(19)20)32(27,28)29-15-5-6-16(31(24,25)26)12-7-9(30(21,22)23)1-3-11(12)15/h1-8H,18H2,(H,19,20)(H,21,22,23)(H,24,25,26). The van der Waals surface area contributed by atoms with E-state index < -0.39 is 67.7 Å². The van der Waals surface area contributed by atoms with Crippen LogP contribution in [0.4, 0.5) is 5.69 Å². The number of carboxylic acids is 1. The van der Waals surface area contributed by atoms with E-state index in [0.717, 1.165) is 42.5 Å². The molecule has 32 heavy (non-hydrogen) atoms. The molecule has 3 aromatic carbocycles. The monoisotopic (exact) mass is 503 g/mol. The summed E-state index contributed by atoms with van der Waals surface area (Å²) in [5.74, 6) is -1.96. The zero-order valence-electron chi connectivity index (χ0n) is 15.5. The van der Waals surface area contributed by atoms with E-state index in [2.05, 4.69) is 0 Å². The summed E-state index contributed by atoms with van der Waals surface area (Å²) in [7, 11) is -14.3. The molecule has 0 saturated carbocycles. The number of aromatic carboxylic acids is 1. The molecule has 3 aromatic rings. The van der Waals surface area contributed by atoms with Gasteiger partial charge in [0.15, 0.2) is 5.75 Å². The van der Waals surface area contributed by atoms with Gasteiger partial charge >= 0.3 is 16.1 Å². The van der Waals surface area contributed by atoms with Crippen molar-refractivity contribution >= 4 is 52.8 Å². The first-order valence-corrected chi connectivity index (χ1v) is 12.5. The number of nitrogens with two attached hydrogens (primary N) is 1. The summed E-state index contributed by atoms with van der Waals surface area (Å²) in [5.41, 5.74) is 4.80. The van der Waals surface area contributed by atoms with Crippen LogP contribution in [0, 0.1) is 0 Å². The van der Waals surface area contributed by atoms with Crippen molar-refractivity contribution in [1.29, 1.82) is 0 Å². The predicted octanol–water partition coefficient (Wildman–Crippen LogP) is 1.38. The summed E-state index contributed by atoms with van der Waals surface area (Å²) < 4.78 is 95.2. The van der Waals surface area contributed by atoms with Crippen molar-refractivity contribution in [2.75, 3.05) is 5.73 Å². The number of hydrogen-bond donors (Lipinski definition) is 4. The first-order valence-electron chi connectivity index (χ1n) is 8.20. The van der Waals surface area contributed by atoms with Gasteiger partial charge in [-0.15, -0.1) is 0 Å². The lowest BCUT2D eigenvalue weighted by atomic mass is 10.1. The van der Waals surface area contributed by atoms with Gasteiger partial charge < -0.3 is 15.0 Å². The molecule has 0 aliphatic carbocycles. The number of hydrogen-bond acceptors (Lipinski definition) is 9. The number of fused-ring (bicyclic) bond motifs is 1. The summed E-state index contributed by atoms with van der Waals surface area (Å²) in [6.07, 6.45) is 0. The third kappa shape index (κ3) is 4.51. The van der Waals surface area contributed by atoms with E-state index in [1.165, 1.54) is 0 Å². The molecule has 15 heteroatoms. The Morgan fingerprint density at radius 2 is 1.41 bits per heavy atom. The highest BCUT2D eigenvalue weighted by Crippen LogP contribution is 2.34. The SMILES string of the molecule is Nc1ccc(S(=O)(=O)Oc2ccc(S(=O)(=O)O)c3cc(S(=O)(=O)O)ccc23)cc1C(=O)O. The molecular formula is C17H13NO11S3. The van der Waals surface area contributed by atoms with Crippen LogP contribution in [0.5, 0.6) is 5.75 Å². The highest BCUT2D eigenvalue weighted by molar-refractivity contribution is 7.87. The van der Waals surface area contributed by atoms with Gasteiger partial charge in [0.25, 0.3) is 20.2 Å². The van der Waals surface area contributed by atoms with Gasteiger partial charge in [-0.3, -0.25) is 9.11 Å². The van der Waals surface area contributed by atoms with Crippen molar-refractivity contribution < 1.29 is 48.4 Å². The van der Waals surface area contributed by atoms with Crippen molar-refractivity contribution in [3.63, 3.8) is 0 Å². The van der Waals surface area contributed by atoms with Gasteiger partial charge in [-0.05, 0) is 48.5 Å².